The molecule has 1 aromatic rings. The van der Waals surface area contributed by atoms with Crippen molar-refractivity contribution in [3.05, 3.63) is 34.1 Å². The van der Waals surface area contributed by atoms with Gasteiger partial charge in [0, 0.05) is 17.6 Å². The van der Waals surface area contributed by atoms with Gasteiger partial charge in [-0.25, -0.2) is 17.6 Å². The minimum atomic E-state index is -3.11. The zero-order chi connectivity index (χ0) is 17.2. The van der Waals surface area contributed by atoms with E-state index < -0.39 is 40.2 Å². The summed E-state index contributed by atoms with van der Waals surface area (Å²) in [5.74, 6) is -2.29. The lowest BCUT2D eigenvalue weighted by Crippen LogP contribution is -2.40. The summed E-state index contributed by atoms with van der Waals surface area (Å²) in [6.45, 7) is -0.568. The summed E-state index contributed by atoms with van der Waals surface area (Å²) in [4.78, 5) is 25.0. The number of carbonyl (C=O) groups is 2. The maximum absolute atomic E-state index is 13.6. The maximum Gasteiger partial charge on any atom is 0.341 e. The van der Waals surface area contributed by atoms with Crippen molar-refractivity contribution >= 4 is 37.6 Å². The van der Waals surface area contributed by atoms with Crippen LogP contribution < -0.4 is 0 Å². The molecule has 1 saturated heterocycles. The average Bonchev–Trinajstić information content (AvgIpc) is 2.83. The largest absolute Gasteiger partial charge is 0.452 e. The molecule has 0 radical (unpaired) electrons. The second-order valence-corrected chi connectivity index (χ2v) is 8.41. The summed E-state index contributed by atoms with van der Waals surface area (Å²) < 4.78 is 41.7. The van der Waals surface area contributed by atoms with Crippen LogP contribution in [0.15, 0.2) is 22.7 Å². The molecule has 126 valence electrons. The molecule has 1 aliphatic heterocycles. The van der Waals surface area contributed by atoms with Gasteiger partial charge in [-0.2, -0.15) is 0 Å². The molecular formula is C14H15BrFNO5S. The Morgan fingerprint density at radius 2 is 2.13 bits per heavy atom. The van der Waals surface area contributed by atoms with Gasteiger partial charge in [-0.3, -0.25) is 4.79 Å². The lowest BCUT2D eigenvalue weighted by atomic mass is 10.2. The number of sulfone groups is 1. The molecule has 23 heavy (non-hydrogen) atoms. The van der Waals surface area contributed by atoms with Gasteiger partial charge in [-0.05, 0) is 24.6 Å². The molecule has 1 aromatic carbocycles. The van der Waals surface area contributed by atoms with Crippen LogP contribution >= 0.6 is 15.9 Å². The van der Waals surface area contributed by atoms with E-state index in [0.29, 0.717) is 10.9 Å². The van der Waals surface area contributed by atoms with E-state index in [-0.39, 0.29) is 17.1 Å². The molecule has 6 nitrogen and oxygen atoms in total. The number of esters is 1. The van der Waals surface area contributed by atoms with E-state index in [1.165, 1.54) is 24.1 Å². The maximum atomic E-state index is 13.6. The van der Waals surface area contributed by atoms with Gasteiger partial charge in [0.15, 0.2) is 16.4 Å². The first-order valence-corrected chi connectivity index (χ1v) is 9.39. The first-order chi connectivity index (χ1) is 10.7. The van der Waals surface area contributed by atoms with Gasteiger partial charge >= 0.3 is 5.97 Å². The van der Waals surface area contributed by atoms with Crippen LogP contribution in [0.2, 0.25) is 0 Å². The van der Waals surface area contributed by atoms with Gasteiger partial charge in [0.2, 0.25) is 0 Å². The second-order valence-electron chi connectivity index (χ2n) is 5.26. The molecule has 0 N–H and O–H groups in total. The molecule has 1 aliphatic rings. The van der Waals surface area contributed by atoms with Crippen LogP contribution in [0.25, 0.3) is 0 Å². The van der Waals surface area contributed by atoms with E-state index in [1.54, 1.807) is 0 Å². The molecule has 1 heterocycles. The van der Waals surface area contributed by atoms with Crippen molar-refractivity contribution in [2.45, 2.75) is 12.5 Å². The molecule has 0 aromatic heterocycles. The number of carbonyl (C=O) groups excluding carboxylic acids is 2. The van der Waals surface area contributed by atoms with Crippen molar-refractivity contribution < 1.29 is 27.1 Å². The predicted octanol–water partition coefficient (Wildman–Crippen LogP) is 1.39. The van der Waals surface area contributed by atoms with E-state index in [9.17, 15) is 22.4 Å². The van der Waals surface area contributed by atoms with E-state index in [0.717, 1.165) is 6.07 Å². The molecular weight excluding hydrogens is 393 g/mol. The number of likely N-dealkylation sites (N-methyl/N-ethyl adjacent to an activating group) is 1. The van der Waals surface area contributed by atoms with Gasteiger partial charge in [-0.1, -0.05) is 15.9 Å². The van der Waals surface area contributed by atoms with Gasteiger partial charge in [0.1, 0.15) is 5.82 Å². The highest BCUT2D eigenvalue weighted by molar-refractivity contribution is 9.10. The van der Waals surface area contributed by atoms with Crippen LogP contribution in [0.3, 0.4) is 0 Å². The van der Waals surface area contributed by atoms with Crippen molar-refractivity contribution in [2.24, 2.45) is 0 Å². The Balaban J connectivity index is 1.92. The fourth-order valence-electron chi connectivity index (χ4n) is 2.25. The normalized spacial score (nSPS) is 19.3. The van der Waals surface area contributed by atoms with Crippen molar-refractivity contribution in [2.75, 3.05) is 25.2 Å². The standard InChI is InChI=1S/C14H15BrFNO5S/c1-17(10-4-5-23(20,21)8-10)13(18)7-22-14(19)11-3-2-9(15)6-12(11)16/h2-3,6,10H,4-5,7-8H2,1H3/t10-/m1/s1. The smallest absolute Gasteiger partial charge is 0.341 e. The van der Waals surface area contributed by atoms with Crippen molar-refractivity contribution in [3.63, 3.8) is 0 Å². The Bertz CT molecular complexity index is 737. The zero-order valence-corrected chi connectivity index (χ0v) is 14.7. The number of hydrogen-bond acceptors (Lipinski definition) is 5. The van der Waals surface area contributed by atoms with Crippen LogP contribution in [0.5, 0.6) is 0 Å². The first-order valence-electron chi connectivity index (χ1n) is 6.78. The zero-order valence-electron chi connectivity index (χ0n) is 12.3. The molecule has 0 bridgehead atoms. The summed E-state index contributed by atoms with van der Waals surface area (Å²) in [5.41, 5.74) is -0.271. The number of halogens is 2. The van der Waals surface area contributed by atoms with E-state index in [2.05, 4.69) is 15.9 Å². The van der Waals surface area contributed by atoms with Crippen molar-refractivity contribution in [1.82, 2.24) is 4.90 Å². The Hall–Kier alpha value is -1.48. The molecule has 1 amide bonds. The van der Waals surface area contributed by atoms with Crippen molar-refractivity contribution in [1.29, 1.82) is 0 Å². The van der Waals surface area contributed by atoms with Crippen LogP contribution in [-0.2, 0) is 19.4 Å². The van der Waals surface area contributed by atoms with Gasteiger partial charge in [0.25, 0.3) is 5.91 Å². The topological polar surface area (TPSA) is 80.8 Å². The summed E-state index contributed by atoms with van der Waals surface area (Å²) in [7, 11) is -1.65. The molecule has 0 spiro atoms. The van der Waals surface area contributed by atoms with E-state index in [4.69, 9.17) is 4.74 Å². The lowest BCUT2D eigenvalue weighted by Gasteiger charge is -2.23. The minimum Gasteiger partial charge on any atom is -0.452 e. The third-order valence-corrected chi connectivity index (χ3v) is 5.87. The summed E-state index contributed by atoms with van der Waals surface area (Å²) in [5, 5.41) is 0. The quantitative estimate of drug-likeness (QED) is 0.704. The number of rotatable bonds is 4. The Morgan fingerprint density at radius 1 is 1.43 bits per heavy atom. The molecule has 1 fully saturated rings. The lowest BCUT2D eigenvalue weighted by molar-refractivity contribution is -0.134. The number of nitrogens with zero attached hydrogens (tertiary/aromatic N) is 1. The Kier molecular flexibility index (Phi) is 5.41. The molecule has 9 heteroatoms. The highest BCUT2D eigenvalue weighted by Crippen LogP contribution is 2.18. The van der Waals surface area contributed by atoms with E-state index in [1.807, 2.05) is 0 Å². The molecule has 0 unspecified atom stereocenters. The fourth-order valence-corrected chi connectivity index (χ4v) is 4.35. The highest BCUT2D eigenvalue weighted by Gasteiger charge is 2.33. The molecule has 2 rings (SSSR count). The number of hydrogen-bond donors (Lipinski definition) is 0. The minimum absolute atomic E-state index is 0.0409. The number of ether oxygens (including phenoxy) is 1. The summed E-state index contributed by atoms with van der Waals surface area (Å²) in [6.07, 6.45) is 0.361. The van der Waals surface area contributed by atoms with Gasteiger partial charge in [-0.15, -0.1) is 0 Å². The predicted molar refractivity (Wildman–Crippen MR) is 84.2 cm³/mol. The van der Waals surface area contributed by atoms with Crippen LogP contribution in [0.4, 0.5) is 4.39 Å². The highest BCUT2D eigenvalue weighted by atomic mass is 79.9. The van der Waals surface area contributed by atoms with Crippen LogP contribution in [-0.4, -0.2) is 56.4 Å². The summed E-state index contributed by atoms with van der Waals surface area (Å²) >= 11 is 3.07. The molecule has 0 aliphatic carbocycles. The third kappa shape index (κ3) is 4.51. The molecule has 0 saturated carbocycles. The Morgan fingerprint density at radius 3 is 2.70 bits per heavy atom. The Labute approximate surface area is 141 Å². The molecule has 1 atom stereocenters. The van der Waals surface area contributed by atoms with Crippen LogP contribution in [0.1, 0.15) is 16.8 Å². The van der Waals surface area contributed by atoms with Crippen molar-refractivity contribution in [3.8, 4) is 0 Å². The third-order valence-electron chi connectivity index (χ3n) is 3.63. The monoisotopic (exact) mass is 407 g/mol. The van der Waals surface area contributed by atoms with Crippen LogP contribution in [0, 0.1) is 5.82 Å². The fraction of sp³-hybridized carbons (Fsp3) is 0.429. The SMILES string of the molecule is CN(C(=O)COC(=O)c1ccc(Br)cc1F)[C@@H]1CCS(=O)(=O)C1. The number of amides is 1. The van der Waals surface area contributed by atoms with Gasteiger partial charge in [0.05, 0.1) is 17.1 Å². The first kappa shape index (κ1) is 17.9. The number of benzene rings is 1. The summed E-state index contributed by atoms with van der Waals surface area (Å²) in [6, 6.07) is 3.43. The van der Waals surface area contributed by atoms with E-state index >= 15 is 0 Å². The van der Waals surface area contributed by atoms with Gasteiger partial charge < -0.3 is 9.64 Å². The second kappa shape index (κ2) is 6.96. The average molecular weight is 408 g/mol.